The highest BCUT2D eigenvalue weighted by atomic mass is 16.4. The molecule has 0 bridgehead atoms. The molecule has 1 heterocycles. The number of aliphatic hydroxyl groups excluding tert-OH is 3. The number of carboxylic acids is 1. The lowest BCUT2D eigenvalue weighted by Crippen LogP contribution is -2.63. The number of aliphatic carboxylic acids is 1. The van der Waals surface area contributed by atoms with Crippen molar-refractivity contribution in [2.75, 3.05) is 19.8 Å². The molecule has 0 saturated carbocycles. The van der Waals surface area contributed by atoms with Crippen LogP contribution in [0.15, 0.2) is 0 Å². The largest absolute Gasteiger partial charge is 0.480 e. The molecule has 1 fully saturated rings. The average Bonchev–Trinajstić information content (AvgIpc) is 3.77. The fourth-order valence-corrected chi connectivity index (χ4v) is 6.53. The van der Waals surface area contributed by atoms with E-state index in [1.54, 1.807) is 41.5 Å². The van der Waals surface area contributed by atoms with Crippen molar-refractivity contribution in [3.05, 3.63) is 0 Å². The number of carbonyl (C=O) groups is 9. The van der Waals surface area contributed by atoms with Gasteiger partial charge in [0.25, 0.3) is 0 Å². The molecule has 1 aliphatic rings. The lowest BCUT2D eigenvalue weighted by atomic mass is 9.94. The van der Waals surface area contributed by atoms with Crippen molar-refractivity contribution < 1.29 is 63.6 Å². The minimum absolute atomic E-state index is 0.0457. The molecule has 1 aliphatic heterocycles. The van der Waals surface area contributed by atoms with Gasteiger partial charge in [0.05, 0.1) is 25.4 Å². The van der Waals surface area contributed by atoms with Gasteiger partial charge in [-0.15, -0.1) is 0 Å². The van der Waals surface area contributed by atoms with E-state index in [9.17, 15) is 63.6 Å². The fraction of sp³-hybridized carbons (Fsp3) is 0.780. The molecular formula is C41H73N9O13. The number of nitrogens with one attached hydrogen (secondary N) is 9. The Hall–Kier alpha value is -4.93. The molecule has 12 atom stereocenters. The molecule has 0 spiro atoms. The van der Waals surface area contributed by atoms with Crippen molar-refractivity contribution in [3.63, 3.8) is 0 Å². The first kappa shape index (κ1) is 56.1. The van der Waals surface area contributed by atoms with Gasteiger partial charge >= 0.3 is 5.97 Å². The summed E-state index contributed by atoms with van der Waals surface area (Å²) >= 11 is 0. The smallest absolute Gasteiger partial charge is 0.326 e. The predicted octanol–water partition coefficient (Wildman–Crippen LogP) is -3.12. The highest BCUT2D eigenvalue weighted by molar-refractivity contribution is 5.98. The van der Waals surface area contributed by atoms with Crippen LogP contribution < -0.4 is 47.9 Å². The molecular weight excluding hydrogens is 827 g/mol. The first-order chi connectivity index (χ1) is 29.4. The molecule has 0 unspecified atom stereocenters. The van der Waals surface area contributed by atoms with Crippen LogP contribution in [0.2, 0.25) is 0 Å². The topological polar surface area (TPSA) is 343 Å². The lowest BCUT2D eigenvalue weighted by Gasteiger charge is -2.31. The summed E-state index contributed by atoms with van der Waals surface area (Å²) in [6.45, 7) is 14.9. The average molecular weight is 900 g/mol. The summed E-state index contributed by atoms with van der Waals surface area (Å²) in [4.78, 5) is 118. The molecule has 22 heteroatoms. The second-order valence-electron chi connectivity index (χ2n) is 17.1. The molecule has 22 nitrogen and oxygen atoms in total. The molecule has 0 aromatic rings. The van der Waals surface area contributed by atoms with Crippen LogP contribution in [-0.4, -0.2) is 154 Å². The number of aliphatic hydroxyl groups is 3. The van der Waals surface area contributed by atoms with Crippen LogP contribution in [0.1, 0.15) is 101 Å². The zero-order valence-corrected chi connectivity index (χ0v) is 38.2. The van der Waals surface area contributed by atoms with Gasteiger partial charge in [0.2, 0.25) is 47.3 Å². The first-order valence-corrected chi connectivity index (χ1v) is 21.7. The summed E-state index contributed by atoms with van der Waals surface area (Å²) in [5, 5.41) is 62.8. The summed E-state index contributed by atoms with van der Waals surface area (Å²) in [6, 6.07) is -11.6. The molecule has 1 saturated heterocycles. The van der Waals surface area contributed by atoms with Gasteiger partial charge in [-0.05, 0) is 63.3 Å². The first-order valence-electron chi connectivity index (χ1n) is 21.7. The summed E-state index contributed by atoms with van der Waals surface area (Å²) < 4.78 is 0. The van der Waals surface area contributed by atoms with Crippen LogP contribution in [0, 0.1) is 23.7 Å². The number of carbonyl (C=O) groups excluding carboxylic acids is 8. The second-order valence-corrected chi connectivity index (χ2v) is 17.1. The van der Waals surface area contributed by atoms with Crippen molar-refractivity contribution in [3.8, 4) is 0 Å². The van der Waals surface area contributed by atoms with Gasteiger partial charge in [-0.2, -0.15) is 0 Å². The summed E-state index contributed by atoms with van der Waals surface area (Å²) in [5.74, 6) is -9.66. The Labute approximate surface area is 369 Å². The Balaban J connectivity index is 3.16. The van der Waals surface area contributed by atoms with Gasteiger partial charge in [-0.25, -0.2) is 4.79 Å². The molecule has 13 N–H and O–H groups in total. The van der Waals surface area contributed by atoms with E-state index >= 15 is 0 Å². The van der Waals surface area contributed by atoms with Crippen molar-refractivity contribution in [2.24, 2.45) is 23.7 Å². The van der Waals surface area contributed by atoms with Crippen molar-refractivity contribution in [1.29, 1.82) is 0 Å². The molecule has 1 rings (SSSR count). The minimum Gasteiger partial charge on any atom is -0.480 e. The monoisotopic (exact) mass is 900 g/mol. The molecule has 63 heavy (non-hydrogen) atoms. The fourth-order valence-electron chi connectivity index (χ4n) is 6.53. The van der Waals surface area contributed by atoms with Crippen LogP contribution >= 0.6 is 0 Å². The minimum atomic E-state index is -1.68. The summed E-state index contributed by atoms with van der Waals surface area (Å²) in [6.07, 6.45) is 0.774. The van der Waals surface area contributed by atoms with Gasteiger partial charge in [-0.3, -0.25) is 38.4 Å². The van der Waals surface area contributed by atoms with Crippen LogP contribution in [0.5, 0.6) is 0 Å². The number of amides is 8. The highest BCUT2D eigenvalue weighted by Crippen LogP contribution is 2.14. The van der Waals surface area contributed by atoms with Crippen molar-refractivity contribution in [2.45, 2.75) is 162 Å². The standard InChI is InChI=1S/C41H73N9O13/c1-11-21(7)30(38(59)45-27(17-51)36(57)43-23(9)33(54)47-29(20(5)6)41(62)63)49-39(60)31(22(8)12-2)48-37(58)28(18-52)46-40(61)32(24(10)53)50-35(56)26(16-19(3)4)44-34(55)25-14-13-15-42-25/h19-32,42,51-53H,11-18H2,1-10H3,(H,43,57)(H,44,55)(H,45,59)(H,46,61)(H,47,54)(H,48,58)(H,49,60)(H,50,56)(H,62,63)/t21-,22-,23-,24+,25-,26-,27-,28-,29-,30-,31-,32-/m0/s1. The zero-order chi connectivity index (χ0) is 48.3. The molecule has 8 amide bonds. The molecule has 0 aromatic heterocycles. The van der Waals surface area contributed by atoms with E-state index in [2.05, 4.69) is 47.9 Å². The Kier molecular flexibility index (Phi) is 24.3. The molecule has 0 aromatic carbocycles. The predicted molar refractivity (Wildman–Crippen MR) is 229 cm³/mol. The van der Waals surface area contributed by atoms with Gasteiger partial charge in [0.1, 0.15) is 48.3 Å². The zero-order valence-electron chi connectivity index (χ0n) is 38.2. The van der Waals surface area contributed by atoms with E-state index in [0.717, 1.165) is 6.42 Å². The Bertz CT molecular complexity index is 1570. The highest BCUT2D eigenvalue weighted by Gasteiger charge is 2.38. The van der Waals surface area contributed by atoms with E-state index in [1.807, 2.05) is 13.8 Å². The molecule has 0 radical (unpaired) electrons. The van der Waals surface area contributed by atoms with Crippen molar-refractivity contribution >= 4 is 53.2 Å². The van der Waals surface area contributed by atoms with Crippen LogP contribution in [0.4, 0.5) is 0 Å². The normalized spacial score (nSPS) is 19.0. The molecule has 360 valence electrons. The van der Waals surface area contributed by atoms with Crippen molar-refractivity contribution in [1.82, 2.24) is 47.9 Å². The Morgan fingerprint density at radius 2 is 0.984 bits per heavy atom. The SMILES string of the molecule is CC[C@H](C)[C@H](NC(=O)[C@H](CO)NC(=O)[C@@H](NC(=O)[C@H](CC(C)C)NC(=O)[C@@H]1CCCN1)[C@@H](C)O)C(=O)N[C@H](C(=O)N[C@@H](CO)C(=O)N[C@@H](C)C(=O)N[C@H](C(=O)O)C(C)C)[C@@H](C)CC. The third-order valence-corrected chi connectivity index (χ3v) is 11.0. The third kappa shape index (κ3) is 18.0. The van der Waals surface area contributed by atoms with Gasteiger partial charge in [-0.1, -0.05) is 68.2 Å². The van der Waals surface area contributed by atoms with Gasteiger partial charge < -0.3 is 68.3 Å². The maximum atomic E-state index is 13.9. The van der Waals surface area contributed by atoms with E-state index in [0.29, 0.717) is 25.8 Å². The van der Waals surface area contributed by atoms with Crippen LogP contribution in [-0.2, 0) is 43.2 Å². The Morgan fingerprint density at radius 3 is 1.40 bits per heavy atom. The lowest BCUT2D eigenvalue weighted by molar-refractivity contribution is -0.143. The van der Waals surface area contributed by atoms with E-state index < -0.39 is 139 Å². The third-order valence-electron chi connectivity index (χ3n) is 11.0. The van der Waals surface area contributed by atoms with E-state index in [-0.39, 0.29) is 18.2 Å². The summed E-state index contributed by atoms with van der Waals surface area (Å²) in [5.41, 5.74) is 0. The van der Waals surface area contributed by atoms with Crippen LogP contribution in [0.25, 0.3) is 0 Å². The number of rotatable bonds is 27. The summed E-state index contributed by atoms with van der Waals surface area (Å²) in [7, 11) is 0. The number of carboxylic acid groups (broad SMARTS) is 1. The quantitative estimate of drug-likeness (QED) is 0.0388. The number of hydrogen-bond donors (Lipinski definition) is 13. The second kappa shape index (κ2) is 27.3. The number of hydrogen-bond acceptors (Lipinski definition) is 13. The molecule has 0 aliphatic carbocycles. The Morgan fingerprint density at radius 1 is 0.556 bits per heavy atom. The maximum Gasteiger partial charge on any atom is 0.326 e. The van der Waals surface area contributed by atoms with E-state index in [4.69, 9.17) is 0 Å². The van der Waals surface area contributed by atoms with Gasteiger partial charge in [0, 0.05) is 0 Å². The van der Waals surface area contributed by atoms with Crippen LogP contribution in [0.3, 0.4) is 0 Å². The van der Waals surface area contributed by atoms with E-state index in [1.165, 1.54) is 13.8 Å². The maximum absolute atomic E-state index is 13.9. The van der Waals surface area contributed by atoms with Gasteiger partial charge in [0.15, 0.2) is 0 Å².